The lowest BCUT2D eigenvalue weighted by atomic mass is 10.0. The maximum Gasteiger partial charge on any atom is 0.328 e. The van der Waals surface area contributed by atoms with Gasteiger partial charge in [0.25, 0.3) is 5.69 Å². The van der Waals surface area contributed by atoms with E-state index in [4.69, 9.17) is 0 Å². The minimum Gasteiger partial charge on any atom is -0.467 e. The highest BCUT2D eigenvalue weighted by molar-refractivity contribution is 5.85. The number of amides is 1. The molecule has 7 nitrogen and oxygen atoms in total. The number of esters is 1. The maximum atomic E-state index is 11.9. The second-order valence-electron chi connectivity index (χ2n) is 4.92. The number of ether oxygens (including phenoxy) is 1. The third-order valence-electron chi connectivity index (χ3n) is 2.92. The lowest BCUT2D eigenvalue weighted by molar-refractivity contribution is -0.384. The molecule has 1 amide bonds. The summed E-state index contributed by atoms with van der Waals surface area (Å²) in [5.74, 6) is -1.02. The fraction of sp³-hybridized carbons (Fsp3) is 0.429. The average molecular weight is 294 g/mol. The molecule has 114 valence electrons. The molecule has 0 fully saturated rings. The van der Waals surface area contributed by atoms with E-state index in [2.05, 4.69) is 10.1 Å². The molecule has 0 aliphatic heterocycles. The Morgan fingerprint density at radius 1 is 1.38 bits per heavy atom. The van der Waals surface area contributed by atoms with E-state index in [1.165, 1.54) is 25.3 Å². The van der Waals surface area contributed by atoms with Crippen molar-refractivity contribution in [2.24, 2.45) is 5.92 Å². The molecule has 1 aromatic carbocycles. The van der Waals surface area contributed by atoms with Crippen LogP contribution < -0.4 is 5.32 Å². The maximum absolute atomic E-state index is 11.9. The average Bonchev–Trinajstić information content (AvgIpc) is 2.43. The lowest BCUT2D eigenvalue weighted by Crippen LogP contribution is -2.45. The standard InChI is InChI=1S/C14H18N2O5/c1-9(2)13(14(18)21-3)15-12(17)8-10-5-4-6-11(7-10)16(19)20/h4-7,9,13H,8H2,1-3H3,(H,15,17)/t13-/m0/s1. The molecule has 0 bridgehead atoms. The molecule has 0 aliphatic carbocycles. The third-order valence-corrected chi connectivity index (χ3v) is 2.92. The monoisotopic (exact) mass is 294 g/mol. The molecule has 7 heteroatoms. The van der Waals surface area contributed by atoms with Gasteiger partial charge in [-0.1, -0.05) is 26.0 Å². The fourth-order valence-corrected chi connectivity index (χ4v) is 1.81. The van der Waals surface area contributed by atoms with Gasteiger partial charge in [-0.15, -0.1) is 0 Å². The molecule has 0 spiro atoms. The van der Waals surface area contributed by atoms with Gasteiger partial charge in [-0.05, 0) is 11.5 Å². The number of rotatable bonds is 6. The highest BCUT2D eigenvalue weighted by Crippen LogP contribution is 2.13. The minimum atomic E-state index is -0.735. The topological polar surface area (TPSA) is 98.5 Å². The first kappa shape index (κ1) is 16.6. The van der Waals surface area contributed by atoms with Gasteiger partial charge in [-0.3, -0.25) is 14.9 Å². The Bertz CT molecular complexity index is 542. The normalized spacial score (nSPS) is 11.8. The summed E-state index contributed by atoms with van der Waals surface area (Å²) in [4.78, 5) is 33.7. The summed E-state index contributed by atoms with van der Waals surface area (Å²) in [7, 11) is 1.25. The van der Waals surface area contributed by atoms with Crippen molar-refractivity contribution in [1.29, 1.82) is 0 Å². The Morgan fingerprint density at radius 2 is 2.05 bits per heavy atom. The van der Waals surface area contributed by atoms with Gasteiger partial charge in [-0.2, -0.15) is 0 Å². The van der Waals surface area contributed by atoms with Crippen LogP contribution in [0.5, 0.6) is 0 Å². The van der Waals surface area contributed by atoms with Crippen LogP contribution in [0.15, 0.2) is 24.3 Å². The molecule has 0 saturated carbocycles. The van der Waals surface area contributed by atoms with Gasteiger partial charge in [0.15, 0.2) is 0 Å². The van der Waals surface area contributed by atoms with Gasteiger partial charge in [0.05, 0.1) is 18.5 Å². The number of nitrogens with zero attached hydrogens (tertiary/aromatic N) is 1. The van der Waals surface area contributed by atoms with Gasteiger partial charge in [0.2, 0.25) is 5.91 Å². The van der Waals surface area contributed by atoms with E-state index in [-0.39, 0.29) is 23.9 Å². The number of nitrogens with one attached hydrogen (secondary N) is 1. The van der Waals surface area contributed by atoms with Crippen molar-refractivity contribution in [3.05, 3.63) is 39.9 Å². The number of carbonyl (C=O) groups excluding carboxylic acids is 2. The van der Waals surface area contributed by atoms with Crippen molar-refractivity contribution in [2.45, 2.75) is 26.3 Å². The van der Waals surface area contributed by atoms with Crippen molar-refractivity contribution in [1.82, 2.24) is 5.32 Å². The van der Waals surface area contributed by atoms with Crippen LogP contribution >= 0.6 is 0 Å². The van der Waals surface area contributed by atoms with Crippen LogP contribution in [-0.2, 0) is 20.7 Å². The summed E-state index contributed by atoms with van der Waals surface area (Å²) >= 11 is 0. The highest BCUT2D eigenvalue weighted by atomic mass is 16.6. The molecule has 0 unspecified atom stereocenters. The molecule has 0 radical (unpaired) electrons. The summed E-state index contributed by atoms with van der Waals surface area (Å²) in [6.45, 7) is 3.57. The summed E-state index contributed by atoms with van der Waals surface area (Å²) in [6, 6.07) is 5.09. The van der Waals surface area contributed by atoms with Crippen LogP contribution in [-0.4, -0.2) is 30.0 Å². The fourth-order valence-electron chi connectivity index (χ4n) is 1.81. The first-order valence-corrected chi connectivity index (χ1v) is 6.45. The van der Waals surface area contributed by atoms with Crippen LogP contribution in [0.2, 0.25) is 0 Å². The van der Waals surface area contributed by atoms with Gasteiger partial charge < -0.3 is 10.1 Å². The summed E-state index contributed by atoms with van der Waals surface area (Å²) < 4.78 is 4.63. The summed E-state index contributed by atoms with van der Waals surface area (Å²) in [5.41, 5.74) is 0.433. The Balaban J connectivity index is 2.74. The molecule has 1 N–H and O–H groups in total. The molecule has 1 rings (SSSR count). The van der Waals surface area contributed by atoms with E-state index in [9.17, 15) is 19.7 Å². The number of nitro benzene ring substituents is 1. The predicted octanol–water partition coefficient (Wildman–Crippen LogP) is 1.45. The second kappa shape index (κ2) is 7.37. The van der Waals surface area contributed by atoms with Crippen LogP contribution in [0.3, 0.4) is 0 Å². The Hall–Kier alpha value is -2.44. The highest BCUT2D eigenvalue weighted by Gasteiger charge is 2.24. The number of hydrogen-bond donors (Lipinski definition) is 1. The van der Waals surface area contributed by atoms with Crippen molar-refractivity contribution >= 4 is 17.6 Å². The lowest BCUT2D eigenvalue weighted by Gasteiger charge is -2.19. The first-order chi connectivity index (χ1) is 9.85. The minimum absolute atomic E-state index is 0.0398. The summed E-state index contributed by atoms with van der Waals surface area (Å²) in [5, 5.41) is 13.3. The van der Waals surface area contributed by atoms with E-state index in [0.717, 1.165) is 0 Å². The largest absolute Gasteiger partial charge is 0.467 e. The van der Waals surface area contributed by atoms with Crippen LogP contribution in [0.1, 0.15) is 19.4 Å². The number of benzene rings is 1. The molecule has 1 atom stereocenters. The van der Waals surface area contributed by atoms with Crippen LogP contribution in [0, 0.1) is 16.0 Å². The zero-order valence-corrected chi connectivity index (χ0v) is 12.2. The molecular weight excluding hydrogens is 276 g/mol. The quantitative estimate of drug-likeness (QED) is 0.486. The van der Waals surface area contributed by atoms with E-state index >= 15 is 0 Å². The van der Waals surface area contributed by atoms with Gasteiger partial charge in [0.1, 0.15) is 6.04 Å². The Kier molecular flexibility index (Phi) is 5.83. The van der Waals surface area contributed by atoms with Crippen molar-refractivity contribution < 1.29 is 19.2 Å². The summed E-state index contributed by atoms with van der Waals surface area (Å²) in [6.07, 6.45) is -0.0398. The van der Waals surface area contributed by atoms with E-state index in [1.54, 1.807) is 19.9 Å². The SMILES string of the molecule is COC(=O)[C@@H](NC(=O)Cc1cccc([N+](=O)[O-])c1)C(C)C. The van der Waals surface area contributed by atoms with Crippen molar-refractivity contribution in [3.8, 4) is 0 Å². The first-order valence-electron chi connectivity index (χ1n) is 6.45. The number of carbonyl (C=O) groups is 2. The zero-order chi connectivity index (χ0) is 16.0. The second-order valence-corrected chi connectivity index (χ2v) is 4.92. The van der Waals surface area contributed by atoms with Crippen molar-refractivity contribution in [2.75, 3.05) is 7.11 Å². The number of hydrogen-bond acceptors (Lipinski definition) is 5. The molecule has 0 aliphatic rings. The number of methoxy groups -OCH3 is 1. The molecular formula is C14H18N2O5. The number of non-ortho nitro benzene ring substituents is 1. The van der Waals surface area contributed by atoms with E-state index in [1.807, 2.05) is 0 Å². The smallest absolute Gasteiger partial charge is 0.328 e. The molecule has 21 heavy (non-hydrogen) atoms. The third kappa shape index (κ3) is 4.87. The Labute approximate surface area is 122 Å². The van der Waals surface area contributed by atoms with Crippen LogP contribution in [0.4, 0.5) is 5.69 Å². The van der Waals surface area contributed by atoms with Gasteiger partial charge in [0, 0.05) is 12.1 Å². The Morgan fingerprint density at radius 3 is 2.57 bits per heavy atom. The predicted molar refractivity (Wildman–Crippen MR) is 75.6 cm³/mol. The number of nitro groups is 1. The van der Waals surface area contributed by atoms with Gasteiger partial charge >= 0.3 is 5.97 Å². The van der Waals surface area contributed by atoms with Crippen LogP contribution in [0.25, 0.3) is 0 Å². The molecule has 0 saturated heterocycles. The molecule has 0 aromatic heterocycles. The molecule has 0 heterocycles. The van der Waals surface area contributed by atoms with E-state index < -0.39 is 16.9 Å². The zero-order valence-electron chi connectivity index (χ0n) is 12.2. The van der Waals surface area contributed by atoms with Gasteiger partial charge in [-0.25, -0.2) is 4.79 Å². The van der Waals surface area contributed by atoms with E-state index in [0.29, 0.717) is 5.56 Å². The van der Waals surface area contributed by atoms with Crippen molar-refractivity contribution in [3.63, 3.8) is 0 Å². The molecule has 1 aromatic rings.